The lowest BCUT2D eigenvalue weighted by Crippen LogP contribution is -2.28. The molecule has 1 heterocycles. The zero-order chi connectivity index (χ0) is 19.3. The van der Waals surface area contributed by atoms with Crippen molar-refractivity contribution in [3.8, 4) is 0 Å². The van der Waals surface area contributed by atoms with Crippen LogP contribution in [0.4, 0.5) is 23.8 Å². The Hall–Kier alpha value is -2.45. The van der Waals surface area contributed by atoms with Gasteiger partial charge < -0.3 is 9.53 Å². The first-order valence-corrected chi connectivity index (χ1v) is 7.43. The zero-order valence-electron chi connectivity index (χ0n) is 14.0. The minimum Gasteiger partial charge on any atom is -0.444 e. The number of aldehydes is 1. The summed E-state index contributed by atoms with van der Waals surface area (Å²) in [5.41, 5.74) is -0.986. The second-order valence-corrected chi connectivity index (χ2v) is 6.30. The van der Waals surface area contributed by atoms with Gasteiger partial charge in [0.15, 0.2) is 5.78 Å². The SMILES string of the molecule is CC(C)(C)OC(=O)Nc1cccc(C(=O)CC(CC=O)C(F)(F)F)n1. The lowest BCUT2D eigenvalue weighted by molar-refractivity contribution is -0.175. The van der Waals surface area contributed by atoms with E-state index in [2.05, 4.69) is 10.3 Å². The van der Waals surface area contributed by atoms with Gasteiger partial charge in [-0.1, -0.05) is 6.07 Å². The van der Waals surface area contributed by atoms with E-state index in [4.69, 9.17) is 4.74 Å². The predicted octanol–water partition coefficient (Wildman–Crippen LogP) is 3.77. The van der Waals surface area contributed by atoms with Gasteiger partial charge in [0, 0.05) is 12.8 Å². The van der Waals surface area contributed by atoms with Crippen LogP contribution in [0.5, 0.6) is 0 Å². The average molecular weight is 360 g/mol. The number of carbonyl (C=O) groups is 3. The Balaban J connectivity index is 2.84. The molecule has 0 aliphatic heterocycles. The monoisotopic (exact) mass is 360 g/mol. The highest BCUT2D eigenvalue weighted by atomic mass is 19.4. The number of aromatic nitrogens is 1. The number of nitrogens with zero attached hydrogens (tertiary/aromatic N) is 1. The molecule has 0 aliphatic rings. The fourth-order valence-corrected chi connectivity index (χ4v) is 1.85. The summed E-state index contributed by atoms with van der Waals surface area (Å²) >= 11 is 0. The Bertz CT molecular complexity index is 639. The van der Waals surface area contributed by atoms with Crippen LogP contribution in [-0.2, 0) is 9.53 Å². The van der Waals surface area contributed by atoms with Crippen LogP contribution in [0, 0.1) is 5.92 Å². The van der Waals surface area contributed by atoms with Gasteiger partial charge in [0.2, 0.25) is 0 Å². The van der Waals surface area contributed by atoms with Crippen molar-refractivity contribution in [2.75, 3.05) is 5.32 Å². The summed E-state index contributed by atoms with van der Waals surface area (Å²) in [5, 5.41) is 2.30. The van der Waals surface area contributed by atoms with Crippen LogP contribution in [0.2, 0.25) is 0 Å². The van der Waals surface area contributed by atoms with E-state index in [9.17, 15) is 27.6 Å². The fraction of sp³-hybridized carbons (Fsp3) is 0.500. The minimum atomic E-state index is -4.66. The number of halogens is 3. The second kappa shape index (κ2) is 8.09. The summed E-state index contributed by atoms with van der Waals surface area (Å²) in [6, 6.07) is 3.97. The van der Waals surface area contributed by atoms with Crippen molar-refractivity contribution in [2.45, 2.75) is 45.4 Å². The predicted molar refractivity (Wildman–Crippen MR) is 83.3 cm³/mol. The molecule has 1 atom stereocenters. The molecule has 9 heteroatoms. The van der Waals surface area contributed by atoms with Gasteiger partial charge in [-0.25, -0.2) is 9.78 Å². The molecule has 0 fully saturated rings. The lowest BCUT2D eigenvalue weighted by Gasteiger charge is -2.19. The summed E-state index contributed by atoms with van der Waals surface area (Å²) < 4.78 is 43.4. The number of hydrogen-bond donors (Lipinski definition) is 1. The molecule has 1 N–H and O–H groups in total. The van der Waals surface area contributed by atoms with Gasteiger partial charge in [-0.15, -0.1) is 0 Å². The summed E-state index contributed by atoms with van der Waals surface area (Å²) in [5.74, 6) is -2.97. The molecule has 1 aromatic rings. The summed E-state index contributed by atoms with van der Waals surface area (Å²) in [6.45, 7) is 4.97. The smallest absolute Gasteiger partial charge is 0.413 e. The van der Waals surface area contributed by atoms with Crippen LogP contribution < -0.4 is 5.32 Å². The number of alkyl halides is 3. The molecule has 138 valence electrons. The highest BCUT2D eigenvalue weighted by molar-refractivity contribution is 5.95. The number of hydrogen-bond acceptors (Lipinski definition) is 5. The molecule has 1 amide bonds. The van der Waals surface area contributed by atoms with Gasteiger partial charge in [-0.3, -0.25) is 10.1 Å². The normalized spacial score (nSPS) is 13.0. The molecular formula is C16H19F3N2O4. The van der Waals surface area contributed by atoms with Gasteiger partial charge in [0.1, 0.15) is 23.4 Å². The van der Waals surface area contributed by atoms with Crippen molar-refractivity contribution in [1.29, 1.82) is 0 Å². The van der Waals surface area contributed by atoms with Gasteiger partial charge in [-0.05, 0) is 32.9 Å². The molecule has 1 rings (SSSR count). The Morgan fingerprint density at radius 1 is 1.28 bits per heavy atom. The van der Waals surface area contributed by atoms with E-state index in [0.717, 1.165) is 0 Å². The van der Waals surface area contributed by atoms with Gasteiger partial charge in [-0.2, -0.15) is 13.2 Å². The highest BCUT2D eigenvalue weighted by Crippen LogP contribution is 2.31. The van der Waals surface area contributed by atoms with Crippen LogP contribution in [0.15, 0.2) is 18.2 Å². The zero-order valence-corrected chi connectivity index (χ0v) is 14.0. The second-order valence-electron chi connectivity index (χ2n) is 6.30. The van der Waals surface area contributed by atoms with Crippen molar-refractivity contribution in [2.24, 2.45) is 5.92 Å². The van der Waals surface area contributed by atoms with Crippen molar-refractivity contribution in [3.63, 3.8) is 0 Å². The minimum absolute atomic E-state index is 0.0287. The molecule has 0 bridgehead atoms. The third kappa shape index (κ3) is 7.32. The molecule has 1 unspecified atom stereocenters. The van der Waals surface area contributed by atoms with Crippen molar-refractivity contribution >= 4 is 24.0 Å². The van der Waals surface area contributed by atoms with E-state index in [0.29, 0.717) is 0 Å². The van der Waals surface area contributed by atoms with Gasteiger partial charge in [0.05, 0.1) is 5.92 Å². The number of nitrogens with one attached hydrogen (secondary N) is 1. The molecule has 0 aromatic carbocycles. The molecule has 1 aromatic heterocycles. The molecular weight excluding hydrogens is 341 g/mol. The van der Waals surface area contributed by atoms with E-state index in [-0.39, 0.29) is 17.8 Å². The molecule has 6 nitrogen and oxygen atoms in total. The van der Waals surface area contributed by atoms with E-state index in [1.165, 1.54) is 18.2 Å². The average Bonchev–Trinajstić information content (AvgIpc) is 2.43. The van der Waals surface area contributed by atoms with Crippen molar-refractivity contribution in [3.05, 3.63) is 23.9 Å². The van der Waals surface area contributed by atoms with Crippen molar-refractivity contribution in [1.82, 2.24) is 4.98 Å². The van der Waals surface area contributed by atoms with Crippen LogP contribution in [-0.4, -0.2) is 34.9 Å². The number of rotatable bonds is 6. The van der Waals surface area contributed by atoms with Crippen LogP contribution in [0.3, 0.4) is 0 Å². The maximum atomic E-state index is 12.8. The summed E-state index contributed by atoms with van der Waals surface area (Å²) in [4.78, 5) is 37.9. The molecule has 0 aliphatic carbocycles. The standard InChI is InChI=1S/C16H19F3N2O4/c1-15(2,3)25-14(24)21-13-6-4-5-11(20-13)12(23)9-10(7-8-22)16(17,18)19/h4-6,8,10H,7,9H2,1-3H3,(H,20,21,24). The quantitative estimate of drug-likeness (QED) is 0.616. The van der Waals surface area contributed by atoms with E-state index < -0.39 is 42.4 Å². The van der Waals surface area contributed by atoms with Gasteiger partial charge >= 0.3 is 12.3 Å². The number of anilines is 1. The van der Waals surface area contributed by atoms with E-state index >= 15 is 0 Å². The first-order valence-electron chi connectivity index (χ1n) is 7.43. The number of pyridine rings is 1. The Labute approximate surface area is 142 Å². The van der Waals surface area contributed by atoms with Crippen LogP contribution in [0.25, 0.3) is 0 Å². The first kappa shape index (κ1) is 20.6. The lowest BCUT2D eigenvalue weighted by atomic mass is 9.97. The third-order valence-electron chi connectivity index (χ3n) is 2.94. The number of carbonyl (C=O) groups excluding carboxylic acids is 3. The van der Waals surface area contributed by atoms with E-state index in [1.807, 2.05) is 0 Å². The number of ether oxygens (including phenoxy) is 1. The number of ketones is 1. The van der Waals surface area contributed by atoms with Crippen LogP contribution >= 0.6 is 0 Å². The Morgan fingerprint density at radius 2 is 1.92 bits per heavy atom. The summed E-state index contributed by atoms with van der Waals surface area (Å²) in [6.07, 6.45) is -7.04. The first-order chi connectivity index (χ1) is 11.4. The Kier molecular flexibility index (Phi) is 6.66. The fourth-order valence-electron chi connectivity index (χ4n) is 1.85. The number of Topliss-reactive ketones (excluding diaryl/α,β-unsaturated/α-hetero) is 1. The molecule has 25 heavy (non-hydrogen) atoms. The molecule has 0 radical (unpaired) electrons. The number of amides is 1. The highest BCUT2D eigenvalue weighted by Gasteiger charge is 2.40. The van der Waals surface area contributed by atoms with E-state index in [1.54, 1.807) is 20.8 Å². The maximum Gasteiger partial charge on any atom is 0.413 e. The van der Waals surface area contributed by atoms with Crippen LogP contribution in [0.1, 0.15) is 44.1 Å². The maximum absolute atomic E-state index is 12.8. The molecule has 0 spiro atoms. The summed E-state index contributed by atoms with van der Waals surface area (Å²) in [7, 11) is 0. The molecule has 0 saturated heterocycles. The topological polar surface area (TPSA) is 85.4 Å². The van der Waals surface area contributed by atoms with Gasteiger partial charge in [0.25, 0.3) is 0 Å². The Morgan fingerprint density at radius 3 is 2.44 bits per heavy atom. The molecule has 0 saturated carbocycles. The van der Waals surface area contributed by atoms with Crippen molar-refractivity contribution < 1.29 is 32.3 Å². The third-order valence-corrected chi connectivity index (χ3v) is 2.94. The largest absolute Gasteiger partial charge is 0.444 e.